The van der Waals surface area contributed by atoms with Gasteiger partial charge < -0.3 is 5.32 Å². The normalized spacial score (nSPS) is 11.3. The SMILES string of the molecule is CNCc1ccc(C)c(S(=O)(=O)Nc2ccccc2)c1. The van der Waals surface area contributed by atoms with Crippen molar-refractivity contribution in [2.45, 2.75) is 18.4 Å². The zero-order valence-electron chi connectivity index (χ0n) is 11.6. The van der Waals surface area contributed by atoms with Gasteiger partial charge in [0.15, 0.2) is 0 Å². The number of sulfonamides is 1. The van der Waals surface area contributed by atoms with Crippen LogP contribution < -0.4 is 10.0 Å². The maximum Gasteiger partial charge on any atom is 0.262 e. The van der Waals surface area contributed by atoms with Crippen molar-refractivity contribution in [2.75, 3.05) is 11.8 Å². The van der Waals surface area contributed by atoms with Crippen LogP contribution in [0, 0.1) is 6.92 Å². The molecule has 0 saturated heterocycles. The van der Waals surface area contributed by atoms with Gasteiger partial charge in [0.05, 0.1) is 4.90 Å². The molecule has 2 aromatic rings. The topological polar surface area (TPSA) is 58.2 Å². The molecule has 0 fully saturated rings. The Morgan fingerprint density at radius 2 is 1.75 bits per heavy atom. The second-order valence-electron chi connectivity index (χ2n) is 4.60. The molecule has 0 bridgehead atoms. The summed E-state index contributed by atoms with van der Waals surface area (Å²) in [7, 11) is -1.73. The fourth-order valence-electron chi connectivity index (χ4n) is 1.96. The molecule has 2 N–H and O–H groups in total. The summed E-state index contributed by atoms with van der Waals surface area (Å²) in [6, 6.07) is 14.3. The lowest BCUT2D eigenvalue weighted by atomic mass is 10.1. The molecule has 0 aliphatic heterocycles. The minimum absolute atomic E-state index is 0.314. The van der Waals surface area contributed by atoms with E-state index in [4.69, 9.17) is 0 Å². The van der Waals surface area contributed by atoms with Gasteiger partial charge in [-0.05, 0) is 43.3 Å². The highest BCUT2D eigenvalue weighted by Crippen LogP contribution is 2.20. The Balaban J connectivity index is 2.36. The van der Waals surface area contributed by atoms with Crippen molar-refractivity contribution < 1.29 is 8.42 Å². The number of aryl methyl sites for hydroxylation is 1. The molecule has 0 radical (unpaired) electrons. The van der Waals surface area contributed by atoms with Gasteiger partial charge in [-0.15, -0.1) is 0 Å². The highest BCUT2D eigenvalue weighted by atomic mass is 32.2. The lowest BCUT2D eigenvalue weighted by Gasteiger charge is -2.12. The number of benzene rings is 2. The molecule has 0 atom stereocenters. The Labute approximate surface area is 119 Å². The van der Waals surface area contributed by atoms with Crippen molar-refractivity contribution in [3.63, 3.8) is 0 Å². The average molecular weight is 290 g/mol. The number of rotatable bonds is 5. The van der Waals surface area contributed by atoms with Crippen molar-refractivity contribution in [3.8, 4) is 0 Å². The van der Waals surface area contributed by atoms with Crippen molar-refractivity contribution >= 4 is 15.7 Å². The van der Waals surface area contributed by atoms with E-state index in [9.17, 15) is 8.42 Å². The standard InChI is InChI=1S/C15H18N2O2S/c1-12-8-9-13(11-16-2)10-15(12)20(18,19)17-14-6-4-3-5-7-14/h3-10,16-17H,11H2,1-2H3. The number of hydrogen-bond donors (Lipinski definition) is 2. The zero-order chi connectivity index (χ0) is 14.6. The van der Waals surface area contributed by atoms with E-state index in [1.54, 1.807) is 37.3 Å². The van der Waals surface area contributed by atoms with Gasteiger partial charge in [0.1, 0.15) is 0 Å². The maximum atomic E-state index is 12.4. The van der Waals surface area contributed by atoms with Crippen LogP contribution in [0.3, 0.4) is 0 Å². The summed E-state index contributed by atoms with van der Waals surface area (Å²) in [6.45, 7) is 2.43. The molecule has 4 nitrogen and oxygen atoms in total. The van der Waals surface area contributed by atoms with Gasteiger partial charge in [-0.1, -0.05) is 30.3 Å². The average Bonchev–Trinajstić information content (AvgIpc) is 2.42. The summed E-state index contributed by atoms with van der Waals surface area (Å²) in [5.41, 5.74) is 2.23. The van der Waals surface area contributed by atoms with Crippen LogP contribution in [0.25, 0.3) is 0 Å². The van der Waals surface area contributed by atoms with Crippen LogP contribution in [0.5, 0.6) is 0 Å². The van der Waals surface area contributed by atoms with E-state index < -0.39 is 10.0 Å². The van der Waals surface area contributed by atoms with Crippen molar-refractivity contribution in [3.05, 3.63) is 59.7 Å². The Hall–Kier alpha value is -1.85. The van der Waals surface area contributed by atoms with Crippen molar-refractivity contribution in [2.24, 2.45) is 0 Å². The zero-order valence-corrected chi connectivity index (χ0v) is 12.4. The van der Waals surface area contributed by atoms with Crippen LogP contribution in [0.4, 0.5) is 5.69 Å². The molecule has 106 valence electrons. The molecule has 5 heteroatoms. The lowest BCUT2D eigenvalue weighted by Crippen LogP contribution is -2.15. The summed E-state index contributed by atoms with van der Waals surface area (Å²) in [5, 5.41) is 3.02. The smallest absolute Gasteiger partial charge is 0.262 e. The van der Waals surface area contributed by atoms with Crippen LogP contribution in [0.2, 0.25) is 0 Å². The van der Waals surface area contributed by atoms with Crippen LogP contribution >= 0.6 is 0 Å². The fourth-order valence-corrected chi connectivity index (χ4v) is 3.32. The van der Waals surface area contributed by atoms with Gasteiger partial charge in [0.25, 0.3) is 10.0 Å². The van der Waals surface area contributed by atoms with Crippen LogP contribution in [0.1, 0.15) is 11.1 Å². The highest BCUT2D eigenvalue weighted by molar-refractivity contribution is 7.92. The van der Waals surface area contributed by atoms with E-state index in [0.29, 0.717) is 17.1 Å². The quantitative estimate of drug-likeness (QED) is 0.889. The van der Waals surface area contributed by atoms with Gasteiger partial charge in [-0.2, -0.15) is 0 Å². The number of anilines is 1. The second kappa shape index (κ2) is 6.07. The fraction of sp³-hybridized carbons (Fsp3) is 0.200. The summed E-state index contributed by atoms with van der Waals surface area (Å²) in [4.78, 5) is 0.314. The van der Waals surface area contributed by atoms with Gasteiger partial charge in [-0.3, -0.25) is 4.72 Å². The molecule has 0 aliphatic carbocycles. The van der Waals surface area contributed by atoms with Gasteiger partial charge in [0.2, 0.25) is 0 Å². The second-order valence-corrected chi connectivity index (χ2v) is 6.25. The first kappa shape index (κ1) is 14.6. The maximum absolute atomic E-state index is 12.4. The Kier molecular flexibility index (Phi) is 4.42. The van der Waals surface area contributed by atoms with Gasteiger partial charge in [-0.25, -0.2) is 8.42 Å². The summed E-state index contributed by atoms with van der Waals surface area (Å²) < 4.78 is 27.5. The van der Waals surface area contributed by atoms with Gasteiger partial charge in [0, 0.05) is 12.2 Å². The lowest BCUT2D eigenvalue weighted by molar-refractivity contribution is 0.600. The third-order valence-electron chi connectivity index (χ3n) is 2.95. The third-order valence-corrected chi connectivity index (χ3v) is 4.47. The first-order chi connectivity index (χ1) is 9.53. The summed E-state index contributed by atoms with van der Waals surface area (Å²) >= 11 is 0. The molecule has 2 aromatic carbocycles. The molecular weight excluding hydrogens is 272 g/mol. The minimum atomic E-state index is -3.56. The number of nitrogens with one attached hydrogen (secondary N) is 2. The van der Waals surface area contributed by atoms with Crippen LogP contribution in [-0.2, 0) is 16.6 Å². The van der Waals surface area contributed by atoms with E-state index >= 15 is 0 Å². The third kappa shape index (κ3) is 3.37. The Morgan fingerprint density at radius 3 is 2.40 bits per heavy atom. The van der Waals surface area contributed by atoms with E-state index in [1.165, 1.54) is 0 Å². The van der Waals surface area contributed by atoms with Crippen molar-refractivity contribution in [1.29, 1.82) is 0 Å². The van der Waals surface area contributed by atoms with Crippen LogP contribution in [-0.4, -0.2) is 15.5 Å². The molecule has 2 rings (SSSR count). The molecule has 0 aromatic heterocycles. The molecular formula is C15H18N2O2S. The Bertz CT molecular complexity index is 682. The van der Waals surface area contributed by atoms with E-state index in [2.05, 4.69) is 10.0 Å². The largest absolute Gasteiger partial charge is 0.316 e. The molecule has 0 spiro atoms. The van der Waals surface area contributed by atoms with E-state index in [1.807, 2.05) is 25.2 Å². The van der Waals surface area contributed by atoms with E-state index in [0.717, 1.165) is 11.1 Å². The number of hydrogen-bond acceptors (Lipinski definition) is 3. The highest BCUT2D eigenvalue weighted by Gasteiger charge is 2.17. The predicted octanol–water partition coefficient (Wildman–Crippen LogP) is 2.52. The van der Waals surface area contributed by atoms with E-state index in [-0.39, 0.29) is 0 Å². The molecule has 0 heterocycles. The molecule has 0 aliphatic rings. The van der Waals surface area contributed by atoms with Crippen molar-refractivity contribution in [1.82, 2.24) is 5.32 Å². The molecule has 20 heavy (non-hydrogen) atoms. The molecule has 0 saturated carbocycles. The molecule has 0 unspecified atom stereocenters. The molecule has 0 amide bonds. The predicted molar refractivity (Wildman–Crippen MR) is 81.2 cm³/mol. The van der Waals surface area contributed by atoms with Gasteiger partial charge >= 0.3 is 0 Å². The van der Waals surface area contributed by atoms with Crippen LogP contribution in [0.15, 0.2) is 53.4 Å². The summed E-state index contributed by atoms with van der Waals surface area (Å²) in [5.74, 6) is 0. The number of para-hydroxylation sites is 1. The summed E-state index contributed by atoms with van der Waals surface area (Å²) in [6.07, 6.45) is 0. The monoisotopic (exact) mass is 290 g/mol. The first-order valence-electron chi connectivity index (χ1n) is 6.35. The Morgan fingerprint density at radius 1 is 1.05 bits per heavy atom. The minimum Gasteiger partial charge on any atom is -0.316 e. The first-order valence-corrected chi connectivity index (χ1v) is 7.83.